The van der Waals surface area contributed by atoms with Crippen molar-refractivity contribution in [2.45, 2.75) is 70.2 Å². The highest BCUT2D eigenvalue weighted by Crippen LogP contribution is 2.38. The third kappa shape index (κ3) is 5.17. The number of hydrogen-bond donors (Lipinski definition) is 3. The summed E-state index contributed by atoms with van der Waals surface area (Å²) in [5.74, 6) is -0.281. The minimum Gasteiger partial charge on any atom is -0.337 e. The second-order valence-electron chi connectivity index (χ2n) is 10.4. The number of rotatable bonds is 7. The van der Waals surface area contributed by atoms with Gasteiger partial charge in [0.05, 0.1) is 6.54 Å². The van der Waals surface area contributed by atoms with Gasteiger partial charge in [0.25, 0.3) is 15.9 Å². The van der Waals surface area contributed by atoms with Crippen molar-refractivity contribution in [2.24, 2.45) is 7.05 Å². The van der Waals surface area contributed by atoms with Gasteiger partial charge in [-0.25, -0.2) is 14.3 Å². The molecule has 0 atom stereocenters. The molecule has 5 amide bonds. The van der Waals surface area contributed by atoms with E-state index in [1.54, 1.807) is 7.05 Å². The summed E-state index contributed by atoms with van der Waals surface area (Å²) in [6.07, 6.45) is 6.58. The number of hydrogen-bond acceptors (Lipinski definition) is 6. The van der Waals surface area contributed by atoms with E-state index in [1.165, 1.54) is 26.8 Å². The number of sulfonamides is 1. The van der Waals surface area contributed by atoms with Crippen LogP contribution in [0.4, 0.5) is 15.3 Å². The van der Waals surface area contributed by atoms with Crippen LogP contribution < -0.4 is 15.4 Å². The third-order valence-corrected chi connectivity index (χ3v) is 9.04. The van der Waals surface area contributed by atoms with Gasteiger partial charge in [-0.15, -0.1) is 0 Å². The summed E-state index contributed by atoms with van der Waals surface area (Å²) >= 11 is 0. The van der Waals surface area contributed by atoms with Crippen LogP contribution in [-0.4, -0.2) is 54.2 Å². The molecule has 208 valence electrons. The first-order valence-electron chi connectivity index (χ1n) is 13.4. The Hall–Kier alpha value is -3.67. The molecule has 0 radical (unpaired) electrons. The molecular formula is C27H34N6O5S. The van der Waals surface area contributed by atoms with Crippen molar-refractivity contribution in [3.63, 3.8) is 0 Å². The summed E-state index contributed by atoms with van der Waals surface area (Å²) in [7, 11) is -2.63. The van der Waals surface area contributed by atoms with Gasteiger partial charge in [0.1, 0.15) is 0 Å². The number of nitrogens with one attached hydrogen (secondary N) is 3. The number of aryl methyl sites for hydroxylation is 3. The van der Waals surface area contributed by atoms with E-state index >= 15 is 0 Å². The molecule has 1 aromatic heterocycles. The molecule has 0 spiro atoms. The first-order valence-corrected chi connectivity index (χ1v) is 14.9. The van der Waals surface area contributed by atoms with Gasteiger partial charge >= 0.3 is 12.1 Å². The van der Waals surface area contributed by atoms with Crippen LogP contribution in [0.1, 0.15) is 61.1 Å². The third-order valence-electron chi connectivity index (χ3n) is 7.84. The first kappa shape index (κ1) is 26.9. The molecule has 3 aliphatic rings. The Bertz CT molecular complexity index is 1470. The van der Waals surface area contributed by atoms with Gasteiger partial charge in [0.2, 0.25) is 0 Å². The molecule has 0 saturated carbocycles. The zero-order valence-corrected chi connectivity index (χ0v) is 23.3. The molecule has 11 nitrogen and oxygen atoms in total. The topological polar surface area (TPSA) is 142 Å². The SMILES string of the molecule is CCC1=C(C)CN(C(=O)NCCc2cc(S(=O)(=O)NC(=O)Nc3c4c(cc5c3CCC5)CCC4)nn2C)C1=O. The maximum atomic E-state index is 13.0. The van der Waals surface area contributed by atoms with E-state index < -0.39 is 22.1 Å². The fourth-order valence-electron chi connectivity index (χ4n) is 5.88. The number of nitrogens with zero attached hydrogens (tertiary/aromatic N) is 3. The van der Waals surface area contributed by atoms with Gasteiger partial charge in [0.15, 0.2) is 5.03 Å². The van der Waals surface area contributed by atoms with E-state index in [9.17, 15) is 22.8 Å². The van der Waals surface area contributed by atoms with Crippen molar-refractivity contribution in [1.29, 1.82) is 0 Å². The Morgan fingerprint density at radius 2 is 1.72 bits per heavy atom. The van der Waals surface area contributed by atoms with E-state index in [0.717, 1.165) is 60.9 Å². The average molecular weight is 555 g/mol. The summed E-state index contributed by atoms with van der Waals surface area (Å²) in [4.78, 5) is 38.9. The number of carbonyl (C=O) groups excluding carboxylic acids is 3. The van der Waals surface area contributed by atoms with Gasteiger partial charge < -0.3 is 10.6 Å². The molecule has 1 aromatic carbocycles. The second kappa shape index (κ2) is 10.5. The standard InChI is InChI=1S/C27H34N6O5S/c1-4-20-16(2)15-33(25(20)34)27(36)28-12-11-19-14-23(30-32(19)3)39(37,38)31-26(35)29-24-21-9-5-7-17(21)13-18-8-6-10-22(18)24/h13-14H,4-12,15H2,1-3H3,(H,28,36)(H2,29,31,35). The van der Waals surface area contributed by atoms with Crippen molar-refractivity contribution in [3.05, 3.63) is 51.2 Å². The number of urea groups is 2. The molecular weight excluding hydrogens is 520 g/mol. The minimum absolute atomic E-state index is 0.181. The highest BCUT2D eigenvalue weighted by Gasteiger charge is 2.31. The minimum atomic E-state index is -4.23. The van der Waals surface area contributed by atoms with Crippen molar-refractivity contribution < 1.29 is 22.8 Å². The lowest BCUT2D eigenvalue weighted by molar-refractivity contribution is -0.123. The summed E-state index contributed by atoms with van der Waals surface area (Å²) in [6, 6.07) is 2.32. The maximum absolute atomic E-state index is 13.0. The van der Waals surface area contributed by atoms with Gasteiger partial charge in [-0.05, 0) is 79.7 Å². The van der Waals surface area contributed by atoms with E-state index in [1.807, 2.05) is 13.8 Å². The van der Waals surface area contributed by atoms with E-state index in [0.29, 0.717) is 17.7 Å². The highest BCUT2D eigenvalue weighted by molar-refractivity contribution is 7.90. The predicted octanol–water partition coefficient (Wildman–Crippen LogP) is 2.73. The predicted molar refractivity (Wildman–Crippen MR) is 145 cm³/mol. The molecule has 2 aliphatic carbocycles. The first-order chi connectivity index (χ1) is 18.6. The largest absolute Gasteiger partial charge is 0.337 e. The van der Waals surface area contributed by atoms with Gasteiger partial charge in [-0.3, -0.25) is 14.4 Å². The molecule has 39 heavy (non-hydrogen) atoms. The van der Waals surface area contributed by atoms with Crippen LogP contribution in [0.2, 0.25) is 0 Å². The molecule has 1 aliphatic heterocycles. The molecule has 0 fully saturated rings. The van der Waals surface area contributed by atoms with Crippen LogP contribution in [0.3, 0.4) is 0 Å². The number of anilines is 1. The number of imide groups is 1. The van der Waals surface area contributed by atoms with E-state index in [2.05, 4.69) is 26.5 Å². The van der Waals surface area contributed by atoms with Gasteiger partial charge in [-0.1, -0.05) is 13.0 Å². The van der Waals surface area contributed by atoms with Crippen LogP contribution in [0.15, 0.2) is 28.3 Å². The second-order valence-corrected chi connectivity index (χ2v) is 12.0. The molecule has 3 N–H and O–H groups in total. The quantitative estimate of drug-likeness (QED) is 0.480. The Balaban J connectivity index is 1.20. The van der Waals surface area contributed by atoms with Crippen LogP contribution in [0.25, 0.3) is 0 Å². The Kier molecular flexibility index (Phi) is 7.23. The number of amides is 5. The van der Waals surface area contributed by atoms with Crippen molar-refractivity contribution in [2.75, 3.05) is 18.4 Å². The number of carbonyl (C=O) groups is 3. The van der Waals surface area contributed by atoms with Crippen molar-refractivity contribution in [3.8, 4) is 0 Å². The number of benzene rings is 1. The molecule has 0 unspecified atom stereocenters. The molecule has 0 bridgehead atoms. The lowest BCUT2D eigenvalue weighted by Gasteiger charge is -2.16. The summed E-state index contributed by atoms with van der Waals surface area (Å²) in [5, 5.41) is 9.34. The van der Waals surface area contributed by atoms with E-state index in [4.69, 9.17) is 0 Å². The zero-order chi connectivity index (χ0) is 27.9. The number of aromatic nitrogens is 2. The average Bonchev–Trinajstić information content (AvgIpc) is 3.66. The van der Waals surface area contributed by atoms with Crippen LogP contribution in [0.5, 0.6) is 0 Å². The highest BCUT2D eigenvalue weighted by atomic mass is 32.2. The smallest absolute Gasteiger partial charge is 0.333 e. The number of fused-ring (bicyclic) bond motifs is 2. The van der Waals surface area contributed by atoms with Crippen LogP contribution >= 0.6 is 0 Å². The molecule has 12 heteroatoms. The van der Waals surface area contributed by atoms with Crippen molar-refractivity contribution in [1.82, 2.24) is 24.7 Å². The molecule has 0 saturated heterocycles. The van der Waals surface area contributed by atoms with Crippen LogP contribution in [-0.2, 0) is 54.0 Å². The summed E-state index contributed by atoms with van der Waals surface area (Å²) in [5.41, 5.74) is 7.54. The molecule has 2 aromatic rings. The lowest BCUT2D eigenvalue weighted by Crippen LogP contribution is -2.42. The van der Waals surface area contributed by atoms with Crippen LogP contribution in [0, 0.1) is 0 Å². The normalized spacial score (nSPS) is 16.5. The Labute approximate surface area is 228 Å². The summed E-state index contributed by atoms with van der Waals surface area (Å²) < 4.78 is 29.5. The maximum Gasteiger partial charge on any atom is 0.333 e. The van der Waals surface area contributed by atoms with Gasteiger partial charge in [-0.2, -0.15) is 13.5 Å². The fourth-order valence-corrected chi connectivity index (χ4v) is 6.80. The lowest BCUT2D eigenvalue weighted by atomic mass is 9.99. The Morgan fingerprint density at radius 1 is 1.05 bits per heavy atom. The molecule has 2 heterocycles. The zero-order valence-electron chi connectivity index (χ0n) is 22.5. The summed E-state index contributed by atoms with van der Waals surface area (Å²) in [6.45, 7) is 4.17. The monoisotopic (exact) mass is 554 g/mol. The van der Waals surface area contributed by atoms with Gasteiger partial charge in [0, 0.05) is 43.0 Å². The molecule has 5 rings (SSSR count). The van der Waals surface area contributed by atoms with Crippen molar-refractivity contribution >= 4 is 33.7 Å². The Morgan fingerprint density at radius 3 is 2.33 bits per heavy atom. The van der Waals surface area contributed by atoms with E-state index in [-0.39, 0.29) is 30.4 Å². The fraction of sp³-hybridized carbons (Fsp3) is 0.481.